The number of benzene rings is 2. The zero-order valence-electron chi connectivity index (χ0n) is 14.0. The van der Waals surface area contributed by atoms with E-state index in [1.165, 1.54) is 16.8 Å². The molecule has 0 fully saturated rings. The molecule has 0 aliphatic carbocycles. The third kappa shape index (κ3) is 3.85. The molecule has 0 saturated heterocycles. The van der Waals surface area contributed by atoms with Crippen LogP contribution >= 0.6 is 0 Å². The average molecular weight is 339 g/mol. The van der Waals surface area contributed by atoms with Crippen molar-refractivity contribution in [1.29, 1.82) is 0 Å². The Kier molecular flexibility index (Phi) is 4.79. The van der Waals surface area contributed by atoms with Crippen LogP contribution in [0.3, 0.4) is 0 Å². The van der Waals surface area contributed by atoms with Crippen LogP contribution in [0.15, 0.2) is 54.7 Å². The van der Waals surface area contributed by atoms with Gasteiger partial charge in [-0.1, -0.05) is 6.07 Å². The Hall–Kier alpha value is -3.15. The normalized spacial score (nSPS) is 10.5. The van der Waals surface area contributed by atoms with Crippen LogP contribution in [0.1, 0.15) is 23.0 Å². The van der Waals surface area contributed by atoms with Crippen LogP contribution in [0.2, 0.25) is 0 Å². The van der Waals surface area contributed by atoms with Gasteiger partial charge in [-0.25, -0.2) is 9.07 Å². The molecule has 6 heteroatoms. The summed E-state index contributed by atoms with van der Waals surface area (Å²) in [6, 6.07) is 13.1. The van der Waals surface area contributed by atoms with E-state index >= 15 is 0 Å². The Bertz CT molecular complexity index is 888. The molecule has 1 aromatic heterocycles. The molecular formula is C19H18FN3O2. The van der Waals surface area contributed by atoms with Gasteiger partial charge >= 0.3 is 0 Å². The van der Waals surface area contributed by atoms with Crippen LogP contribution in [0.25, 0.3) is 5.69 Å². The molecule has 0 aliphatic heterocycles. The Balaban J connectivity index is 1.79. The summed E-state index contributed by atoms with van der Waals surface area (Å²) in [5.41, 5.74) is 2.56. The lowest BCUT2D eigenvalue weighted by Crippen LogP contribution is -2.14. The van der Waals surface area contributed by atoms with Crippen molar-refractivity contribution in [3.8, 4) is 11.4 Å². The number of hydrogen-bond donors (Lipinski definition) is 1. The lowest BCUT2D eigenvalue weighted by Gasteiger charge is -2.11. The van der Waals surface area contributed by atoms with Gasteiger partial charge in [-0.05, 0) is 61.9 Å². The number of ether oxygens (including phenoxy) is 1. The van der Waals surface area contributed by atoms with Crippen LogP contribution in [0.5, 0.6) is 5.75 Å². The summed E-state index contributed by atoms with van der Waals surface area (Å²) in [6.45, 7) is 4.35. The maximum atomic E-state index is 13.0. The highest BCUT2D eigenvalue weighted by atomic mass is 19.1. The monoisotopic (exact) mass is 339 g/mol. The average Bonchev–Trinajstić information content (AvgIpc) is 3.08. The standard InChI is InChI=1S/C19H18FN3O2/c1-3-25-18-12-13(2)4-9-16(18)21-19(24)17-10-11-23(22-17)15-7-5-14(20)6-8-15/h4-12H,3H2,1-2H3,(H,21,24). The predicted octanol–water partition coefficient (Wildman–Crippen LogP) is 3.97. The van der Waals surface area contributed by atoms with E-state index in [2.05, 4.69) is 10.4 Å². The maximum Gasteiger partial charge on any atom is 0.276 e. The minimum Gasteiger partial charge on any atom is -0.492 e. The topological polar surface area (TPSA) is 56.1 Å². The summed E-state index contributed by atoms with van der Waals surface area (Å²) in [6.07, 6.45) is 1.65. The number of nitrogens with zero attached hydrogens (tertiary/aromatic N) is 2. The first-order valence-corrected chi connectivity index (χ1v) is 7.93. The fraction of sp³-hybridized carbons (Fsp3) is 0.158. The Labute approximate surface area is 145 Å². The number of carbonyl (C=O) groups is 1. The Morgan fingerprint density at radius 2 is 1.96 bits per heavy atom. The second-order valence-corrected chi connectivity index (χ2v) is 5.51. The molecule has 3 aromatic rings. The molecule has 1 N–H and O–H groups in total. The van der Waals surface area contributed by atoms with Crippen LogP contribution in [-0.4, -0.2) is 22.3 Å². The fourth-order valence-electron chi connectivity index (χ4n) is 2.38. The lowest BCUT2D eigenvalue weighted by atomic mass is 10.2. The number of amides is 1. The first-order chi connectivity index (χ1) is 12.1. The lowest BCUT2D eigenvalue weighted by molar-refractivity contribution is 0.102. The zero-order valence-corrected chi connectivity index (χ0v) is 14.0. The molecule has 0 bridgehead atoms. The summed E-state index contributed by atoms with van der Waals surface area (Å²) in [5.74, 6) is -0.0452. The second kappa shape index (κ2) is 7.17. The number of carbonyl (C=O) groups excluding carboxylic acids is 1. The molecule has 0 unspecified atom stereocenters. The van der Waals surface area contributed by atoms with E-state index in [1.54, 1.807) is 30.5 Å². The Morgan fingerprint density at radius 3 is 2.68 bits per heavy atom. The molecule has 2 aromatic carbocycles. The second-order valence-electron chi connectivity index (χ2n) is 5.51. The van der Waals surface area contributed by atoms with E-state index in [4.69, 9.17) is 4.74 Å². The first-order valence-electron chi connectivity index (χ1n) is 7.93. The largest absolute Gasteiger partial charge is 0.492 e. The third-order valence-electron chi connectivity index (χ3n) is 3.60. The third-order valence-corrected chi connectivity index (χ3v) is 3.60. The molecule has 5 nitrogen and oxygen atoms in total. The van der Waals surface area contributed by atoms with Crippen LogP contribution in [0.4, 0.5) is 10.1 Å². The van der Waals surface area contributed by atoms with Gasteiger partial charge < -0.3 is 10.1 Å². The number of hydrogen-bond acceptors (Lipinski definition) is 3. The minimum atomic E-state index is -0.342. The molecule has 0 saturated carbocycles. The zero-order chi connectivity index (χ0) is 17.8. The van der Waals surface area contributed by atoms with E-state index in [0.717, 1.165) is 5.56 Å². The molecule has 1 amide bonds. The number of nitrogens with one attached hydrogen (secondary N) is 1. The number of aromatic nitrogens is 2. The molecule has 25 heavy (non-hydrogen) atoms. The van der Waals surface area contributed by atoms with Gasteiger partial charge in [0.2, 0.25) is 0 Å². The van der Waals surface area contributed by atoms with Crippen molar-refractivity contribution in [2.45, 2.75) is 13.8 Å². The van der Waals surface area contributed by atoms with Crippen molar-refractivity contribution < 1.29 is 13.9 Å². The van der Waals surface area contributed by atoms with Gasteiger partial charge in [-0.3, -0.25) is 4.79 Å². The van der Waals surface area contributed by atoms with Crippen molar-refractivity contribution in [3.05, 3.63) is 71.8 Å². The molecular weight excluding hydrogens is 321 g/mol. The molecule has 0 atom stereocenters. The molecule has 128 valence electrons. The summed E-state index contributed by atoms with van der Waals surface area (Å²) in [5, 5.41) is 7.05. The summed E-state index contributed by atoms with van der Waals surface area (Å²) >= 11 is 0. The quantitative estimate of drug-likeness (QED) is 0.765. The highest BCUT2D eigenvalue weighted by Gasteiger charge is 2.13. The number of halogens is 1. The first kappa shape index (κ1) is 16.7. The van der Waals surface area contributed by atoms with Crippen molar-refractivity contribution in [3.63, 3.8) is 0 Å². The van der Waals surface area contributed by atoms with E-state index in [0.29, 0.717) is 23.7 Å². The molecule has 0 spiro atoms. The number of anilines is 1. The van der Waals surface area contributed by atoms with Crippen LogP contribution in [-0.2, 0) is 0 Å². The summed E-state index contributed by atoms with van der Waals surface area (Å²) in [7, 11) is 0. The smallest absolute Gasteiger partial charge is 0.276 e. The van der Waals surface area contributed by atoms with Crippen LogP contribution < -0.4 is 10.1 Å². The summed E-state index contributed by atoms with van der Waals surface area (Å²) in [4.78, 5) is 12.5. The summed E-state index contributed by atoms with van der Waals surface area (Å²) < 4.78 is 20.1. The van der Waals surface area contributed by atoms with E-state index in [-0.39, 0.29) is 17.4 Å². The van der Waals surface area contributed by atoms with E-state index in [9.17, 15) is 9.18 Å². The Morgan fingerprint density at radius 1 is 1.20 bits per heavy atom. The minimum absolute atomic E-state index is 0.257. The van der Waals surface area contributed by atoms with Crippen molar-refractivity contribution >= 4 is 11.6 Å². The molecule has 1 heterocycles. The van der Waals surface area contributed by atoms with Gasteiger partial charge in [0.1, 0.15) is 11.6 Å². The van der Waals surface area contributed by atoms with Gasteiger partial charge in [-0.15, -0.1) is 0 Å². The van der Waals surface area contributed by atoms with Crippen LogP contribution in [0, 0.1) is 12.7 Å². The molecule has 0 radical (unpaired) electrons. The maximum absolute atomic E-state index is 13.0. The van der Waals surface area contributed by atoms with Crippen molar-refractivity contribution in [1.82, 2.24) is 9.78 Å². The van der Waals surface area contributed by atoms with Gasteiger partial charge in [-0.2, -0.15) is 5.10 Å². The predicted molar refractivity (Wildman–Crippen MR) is 93.8 cm³/mol. The number of aryl methyl sites for hydroxylation is 1. The molecule has 3 rings (SSSR count). The highest BCUT2D eigenvalue weighted by molar-refractivity contribution is 6.03. The molecule has 0 aliphatic rings. The fourth-order valence-corrected chi connectivity index (χ4v) is 2.38. The van der Waals surface area contributed by atoms with Gasteiger partial charge in [0, 0.05) is 6.20 Å². The van der Waals surface area contributed by atoms with E-state index in [1.807, 2.05) is 26.0 Å². The highest BCUT2D eigenvalue weighted by Crippen LogP contribution is 2.26. The van der Waals surface area contributed by atoms with Crippen molar-refractivity contribution in [2.75, 3.05) is 11.9 Å². The SMILES string of the molecule is CCOc1cc(C)ccc1NC(=O)c1ccn(-c2ccc(F)cc2)n1. The number of rotatable bonds is 5. The van der Waals surface area contributed by atoms with Crippen molar-refractivity contribution in [2.24, 2.45) is 0 Å². The van der Waals surface area contributed by atoms with E-state index < -0.39 is 0 Å². The van der Waals surface area contributed by atoms with Gasteiger partial charge in [0.15, 0.2) is 5.69 Å². The van der Waals surface area contributed by atoms with Gasteiger partial charge in [0.05, 0.1) is 18.0 Å². The van der Waals surface area contributed by atoms with Gasteiger partial charge in [0.25, 0.3) is 5.91 Å².